The molecule has 0 saturated heterocycles. The number of hydrogen-bond acceptors (Lipinski definition) is 3. The highest BCUT2D eigenvalue weighted by atomic mass is 16.1. The summed E-state index contributed by atoms with van der Waals surface area (Å²) < 4.78 is 1.40. The molecule has 0 fully saturated rings. The van der Waals surface area contributed by atoms with Gasteiger partial charge >= 0.3 is 0 Å². The van der Waals surface area contributed by atoms with Gasteiger partial charge in [0, 0.05) is 11.1 Å². The first-order chi connectivity index (χ1) is 14.7. The molecule has 1 heterocycles. The summed E-state index contributed by atoms with van der Waals surface area (Å²) in [6.45, 7) is 2.03. The van der Waals surface area contributed by atoms with E-state index < -0.39 is 0 Å². The van der Waals surface area contributed by atoms with E-state index in [9.17, 15) is 4.79 Å². The molecular formula is C26H19N3O. The maximum atomic E-state index is 13.3. The number of aromatic nitrogens is 2. The molecule has 0 aliphatic carbocycles. The van der Waals surface area contributed by atoms with Gasteiger partial charge < -0.3 is 0 Å². The number of rotatable bonds is 3. The molecule has 144 valence electrons. The van der Waals surface area contributed by atoms with Crippen molar-refractivity contribution in [3.8, 4) is 11.4 Å². The van der Waals surface area contributed by atoms with Crippen LogP contribution < -0.4 is 5.56 Å². The lowest BCUT2D eigenvalue weighted by Crippen LogP contribution is -2.20. The van der Waals surface area contributed by atoms with Crippen LogP contribution in [0.4, 0.5) is 0 Å². The quantitative estimate of drug-likeness (QED) is 0.388. The molecular weight excluding hydrogens is 370 g/mol. The summed E-state index contributed by atoms with van der Waals surface area (Å²) in [7, 11) is 0. The molecule has 0 N–H and O–H groups in total. The van der Waals surface area contributed by atoms with E-state index in [1.54, 1.807) is 12.3 Å². The van der Waals surface area contributed by atoms with Crippen molar-refractivity contribution in [2.75, 3.05) is 0 Å². The third-order valence-corrected chi connectivity index (χ3v) is 5.20. The smallest absolute Gasteiger partial charge is 0.267 e. The van der Waals surface area contributed by atoms with Gasteiger partial charge in [-0.15, -0.1) is 0 Å². The van der Waals surface area contributed by atoms with Gasteiger partial charge in [-0.25, -0.2) is 4.98 Å². The van der Waals surface area contributed by atoms with Crippen LogP contribution in [0.5, 0.6) is 0 Å². The SMILES string of the molecule is Cc1ccc(-c2nc3ccccc3c(=O)n2/N=C\c2cccc3ccccc23)cc1. The fourth-order valence-electron chi connectivity index (χ4n) is 3.60. The molecule has 0 aliphatic rings. The fourth-order valence-corrected chi connectivity index (χ4v) is 3.60. The zero-order valence-electron chi connectivity index (χ0n) is 16.5. The summed E-state index contributed by atoms with van der Waals surface area (Å²) in [6, 6.07) is 29.5. The zero-order valence-corrected chi connectivity index (χ0v) is 16.5. The molecule has 0 bridgehead atoms. The van der Waals surface area contributed by atoms with E-state index in [0.717, 1.165) is 27.5 Å². The molecule has 0 atom stereocenters. The highest BCUT2D eigenvalue weighted by Gasteiger charge is 2.12. The Morgan fingerprint density at radius 1 is 0.800 bits per heavy atom. The first kappa shape index (κ1) is 18.0. The van der Waals surface area contributed by atoms with Crippen LogP contribution in [-0.4, -0.2) is 15.9 Å². The summed E-state index contributed by atoms with van der Waals surface area (Å²) in [4.78, 5) is 18.0. The van der Waals surface area contributed by atoms with Crippen LogP contribution >= 0.6 is 0 Å². The first-order valence-electron chi connectivity index (χ1n) is 9.82. The Hall–Kier alpha value is -4.05. The molecule has 5 rings (SSSR count). The summed E-state index contributed by atoms with van der Waals surface area (Å²) >= 11 is 0. The molecule has 0 spiro atoms. The second-order valence-corrected chi connectivity index (χ2v) is 7.25. The Balaban J connectivity index is 1.73. The number of aryl methyl sites for hydroxylation is 1. The Morgan fingerprint density at radius 3 is 2.33 bits per heavy atom. The summed E-state index contributed by atoms with van der Waals surface area (Å²) in [6.07, 6.45) is 1.73. The van der Waals surface area contributed by atoms with Crippen LogP contribution in [0.2, 0.25) is 0 Å². The predicted molar refractivity (Wildman–Crippen MR) is 123 cm³/mol. The highest BCUT2D eigenvalue weighted by molar-refractivity contribution is 5.99. The van der Waals surface area contributed by atoms with Gasteiger partial charge in [-0.05, 0) is 29.8 Å². The van der Waals surface area contributed by atoms with Crippen molar-refractivity contribution < 1.29 is 0 Å². The minimum absolute atomic E-state index is 0.187. The third kappa shape index (κ3) is 3.18. The molecule has 5 aromatic rings. The van der Waals surface area contributed by atoms with Crippen molar-refractivity contribution in [2.24, 2.45) is 5.10 Å². The molecule has 4 nitrogen and oxygen atoms in total. The molecule has 0 aliphatic heterocycles. The molecule has 0 unspecified atom stereocenters. The van der Waals surface area contributed by atoms with Crippen molar-refractivity contribution >= 4 is 27.9 Å². The van der Waals surface area contributed by atoms with Gasteiger partial charge in [0.15, 0.2) is 5.82 Å². The number of para-hydroxylation sites is 1. The van der Waals surface area contributed by atoms with Gasteiger partial charge in [-0.1, -0.05) is 84.4 Å². The van der Waals surface area contributed by atoms with Crippen LogP contribution in [0, 0.1) is 6.92 Å². The van der Waals surface area contributed by atoms with Gasteiger partial charge in [-0.2, -0.15) is 9.78 Å². The molecule has 0 radical (unpaired) electrons. The van der Waals surface area contributed by atoms with E-state index in [1.807, 2.05) is 73.7 Å². The van der Waals surface area contributed by atoms with Gasteiger partial charge in [0.25, 0.3) is 5.56 Å². The molecule has 0 saturated carbocycles. The molecule has 0 amide bonds. The van der Waals surface area contributed by atoms with Crippen LogP contribution in [0.3, 0.4) is 0 Å². The average molecular weight is 389 g/mol. The highest BCUT2D eigenvalue weighted by Crippen LogP contribution is 2.20. The second kappa shape index (κ2) is 7.41. The van der Waals surface area contributed by atoms with Gasteiger partial charge in [0.05, 0.1) is 17.1 Å². The summed E-state index contributed by atoms with van der Waals surface area (Å²) in [5.41, 5.74) is 3.41. The van der Waals surface area contributed by atoms with Crippen molar-refractivity contribution in [1.82, 2.24) is 9.66 Å². The maximum Gasteiger partial charge on any atom is 0.282 e. The molecule has 1 aromatic heterocycles. The molecule has 30 heavy (non-hydrogen) atoms. The maximum absolute atomic E-state index is 13.3. The van der Waals surface area contributed by atoms with E-state index in [-0.39, 0.29) is 5.56 Å². The lowest BCUT2D eigenvalue weighted by molar-refractivity contribution is 0.830. The number of benzene rings is 4. The van der Waals surface area contributed by atoms with E-state index >= 15 is 0 Å². The lowest BCUT2D eigenvalue weighted by atomic mass is 10.1. The Bertz CT molecular complexity index is 1460. The second-order valence-electron chi connectivity index (χ2n) is 7.25. The third-order valence-electron chi connectivity index (χ3n) is 5.20. The molecule has 4 aromatic carbocycles. The Morgan fingerprint density at radius 2 is 1.50 bits per heavy atom. The van der Waals surface area contributed by atoms with Gasteiger partial charge in [-0.3, -0.25) is 4.79 Å². The van der Waals surface area contributed by atoms with E-state index in [1.165, 1.54) is 4.68 Å². The van der Waals surface area contributed by atoms with E-state index in [2.05, 4.69) is 23.3 Å². The standard InChI is InChI=1S/C26H19N3O/c1-18-13-15-20(16-14-18)25-28-24-12-5-4-11-23(24)26(30)29(25)27-17-21-9-6-8-19-7-2-3-10-22(19)21/h2-17H,1H3/b27-17-. The van der Waals surface area contributed by atoms with E-state index in [0.29, 0.717) is 16.7 Å². The number of hydrogen-bond donors (Lipinski definition) is 0. The van der Waals surface area contributed by atoms with Gasteiger partial charge in [0.1, 0.15) is 0 Å². The number of fused-ring (bicyclic) bond motifs is 2. The minimum atomic E-state index is -0.187. The largest absolute Gasteiger partial charge is 0.282 e. The Labute approximate surface area is 173 Å². The van der Waals surface area contributed by atoms with Gasteiger partial charge in [0.2, 0.25) is 0 Å². The lowest BCUT2D eigenvalue weighted by Gasteiger charge is -2.10. The van der Waals surface area contributed by atoms with Crippen molar-refractivity contribution in [3.05, 3.63) is 112 Å². The summed E-state index contributed by atoms with van der Waals surface area (Å²) in [5.74, 6) is 0.523. The van der Waals surface area contributed by atoms with Crippen molar-refractivity contribution in [2.45, 2.75) is 6.92 Å². The normalized spacial score (nSPS) is 11.5. The summed E-state index contributed by atoms with van der Waals surface area (Å²) in [5, 5.41) is 7.35. The topological polar surface area (TPSA) is 47.2 Å². The van der Waals surface area contributed by atoms with Crippen LogP contribution in [0.1, 0.15) is 11.1 Å². The Kier molecular flexibility index (Phi) is 4.45. The monoisotopic (exact) mass is 389 g/mol. The van der Waals surface area contributed by atoms with Crippen molar-refractivity contribution in [3.63, 3.8) is 0 Å². The average Bonchev–Trinajstić information content (AvgIpc) is 2.79. The molecule has 4 heteroatoms. The fraction of sp³-hybridized carbons (Fsp3) is 0.0385. The first-order valence-corrected chi connectivity index (χ1v) is 9.82. The predicted octanol–water partition coefficient (Wildman–Crippen LogP) is 5.41. The van der Waals surface area contributed by atoms with E-state index in [4.69, 9.17) is 4.98 Å². The van der Waals surface area contributed by atoms with Crippen LogP contribution in [0.25, 0.3) is 33.1 Å². The number of nitrogens with zero attached hydrogens (tertiary/aromatic N) is 3. The van der Waals surface area contributed by atoms with Crippen molar-refractivity contribution in [1.29, 1.82) is 0 Å². The minimum Gasteiger partial charge on any atom is -0.267 e. The van der Waals surface area contributed by atoms with Crippen LogP contribution in [0.15, 0.2) is 101 Å². The van der Waals surface area contributed by atoms with Crippen LogP contribution in [-0.2, 0) is 0 Å². The zero-order chi connectivity index (χ0) is 20.5.